The van der Waals surface area contributed by atoms with Crippen molar-refractivity contribution in [2.75, 3.05) is 32.8 Å². The molecule has 169 valence electrons. The number of hydrogen-bond donors (Lipinski definition) is 2. The van der Waals surface area contributed by atoms with Crippen LogP contribution in [-0.2, 0) is 58.3 Å². The molecule has 0 spiro atoms. The molecule has 1 amide bonds. The van der Waals surface area contributed by atoms with E-state index in [2.05, 4.69) is 5.32 Å². The van der Waals surface area contributed by atoms with Crippen LogP contribution in [0.4, 0.5) is 0 Å². The Morgan fingerprint density at radius 1 is 1.13 bits per heavy atom. The van der Waals surface area contributed by atoms with Crippen LogP contribution in [0.3, 0.4) is 0 Å². The number of carbonyl (C=O) groups is 3. The van der Waals surface area contributed by atoms with Crippen molar-refractivity contribution >= 4 is 17.7 Å². The molecule has 0 bridgehead atoms. The first-order chi connectivity index (χ1) is 14.3. The van der Waals surface area contributed by atoms with E-state index < -0.39 is 17.9 Å². The van der Waals surface area contributed by atoms with Crippen molar-refractivity contribution in [2.45, 2.75) is 45.6 Å². The number of hydrogen-bond acceptors (Lipinski definition) is 5. The fraction of sp³-hybridized carbons (Fsp3) is 0.609. The zero-order valence-electron chi connectivity index (χ0n) is 18.6. The molecule has 1 aliphatic heterocycles. The van der Waals surface area contributed by atoms with Crippen LogP contribution in [0.2, 0.25) is 0 Å². The summed E-state index contributed by atoms with van der Waals surface area (Å²) in [5, 5.41) is 12.1. The monoisotopic (exact) mass is 507 g/mol. The summed E-state index contributed by atoms with van der Waals surface area (Å²) in [6.07, 6.45) is 1.63. The summed E-state index contributed by atoms with van der Waals surface area (Å²) in [4.78, 5) is 39.2. The van der Waals surface area contributed by atoms with Gasteiger partial charge in [-0.1, -0.05) is 44.2 Å². The Labute approximate surface area is 210 Å². The zero-order valence-corrected chi connectivity index (χ0v) is 21.4. The number of aryl methyl sites for hydroxylation is 1. The van der Waals surface area contributed by atoms with Crippen LogP contribution in [0, 0.1) is 11.8 Å². The van der Waals surface area contributed by atoms with Crippen molar-refractivity contribution in [3.05, 3.63) is 35.9 Å². The van der Waals surface area contributed by atoms with Crippen molar-refractivity contribution in [1.29, 1.82) is 0 Å². The van der Waals surface area contributed by atoms with Gasteiger partial charge in [-0.15, -0.1) is 0 Å². The van der Waals surface area contributed by atoms with E-state index in [9.17, 15) is 19.5 Å². The van der Waals surface area contributed by atoms with Crippen LogP contribution in [0.15, 0.2) is 30.3 Å². The van der Waals surface area contributed by atoms with Crippen molar-refractivity contribution in [3.8, 4) is 0 Å². The number of morpholine rings is 1. The topological polar surface area (TPSA) is 95.9 Å². The molecule has 31 heavy (non-hydrogen) atoms. The van der Waals surface area contributed by atoms with Crippen molar-refractivity contribution in [2.24, 2.45) is 11.8 Å². The predicted octanol–water partition coefficient (Wildman–Crippen LogP) is 2.14. The summed E-state index contributed by atoms with van der Waals surface area (Å²) >= 11 is 0. The third-order valence-corrected chi connectivity index (χ3v) is 5.29. The molecule has 0 saturated carbocycles. The SMILES string of the molecule is CC(C)C[C@H](NC(=O)[C@H](CCc1ccccc1)CC(=O)CN1CCOCC1)C(=O)O.[Y]. The number of carboxylic acids is 1. The number of carboxylic acid groups (broad SMARTS) is 1. The fourth-order valence-electron chi connectivity index (χ4n) is 3.64. The van der Waals surface area contributed by atoms with E-state index in [4.69, 9.17) is 4.74 Å². The average molecular weight is 507 g/mol. The number of carbonyl (C=O) groups excluding carboxylic acids is 2. The number of benzene rings is 1. The first kappa shape index (κ1) is 27.9. The van der Waals surface area contributed by atoms with Crippen LogP contribution in [0.1, 0.15) is 38.7 Å². The molecule has 1 aliphatic rings. The minimum absolute atomic E-state index is 0. The minimum Gasteiger partial charge on any atom is -0.480 e. The number of rotatable bonds is 12. The fourth-order valence-corrected chi connectivity index (χ4v) is 3.64. The Kier molecular flexibility index (Phi) is 13.3. The van der Waals surface area contributed by atoms with Crippen LogP contribution in [0.5, 0.6) is 0 Å². The Morgan fingerprint density at radius 2 is 1.77 bits per heavy atom. The summed E-state index contributed by atoms with van der Waals surface area (Å²) < 4.78 is 5.31. The van der Waals surface area contributed by atoms with E-state index in [0.717, 1.165) is 5.56 Å². The van der Waals surface area contributed by atoms with E-state index in [1.165, 1.54) is 0 Å². The van der Waals surface area contributed by atoms with Crippen molar-refractivity contribution in [1.82, 2.24) is 10.2 Å². The van der Waals surface area contributed by atoms with Gasteiger partial charge in [0.15, 0.2) is 0 Å². The van der Waals surface area contributed by atoms with E-state index in [1.807, 2.05) is 49.1 Å². The molecule has 7 nitrogen and oxygen atoms in total. The second kappa shape index (κ2) is 14.8. The average Bonchev–Trinajstić information content (AvgIpc) is 2.71. The minimum atomic E-state index is -1.04. The Hall–Kier alpha value is -1.15. The van der Waals surface area contributed by atoms with E-state index in [-0.39, 0.29) is 56.7 Å². The molecule has 1 saturated heterocycles. The molecule has 2 rings (SSSR count). The second-order valence-electron chi connectivity index (χ2n) is 8.38. The van der Waals surface area contributed by atoms with Gasteiger partial charge >= 0.3 is 5.97 Å². The molecule has 1 fully saturated rings. The number of amides is 1. The molecule has 2 N–H and O–H groups in total. The standard InChI is InChI=1S/C23H34N2O5.Y/c1-17(2)14-21(23(28)29)24-22(27)19(9-8-18-6-4-3-5-7-18)15-20(26)16-25-10-12-30-13-11-25;/h3-7,17,19,21H,8-16H2,1-2H3,(H,24,27)(H,28,29);/t19-,21+;/m1./s1. The molecule has 2 atom stereocenters. The van der Waals surface area contributed by atoms with Gasteiger partial charge in [0.1, 0.15) is 11.8 Å². The van der Waals surface area contributed by atoms with Crippen LogP contribution < -0.4 is 5.32 Å². The molecular weight excluding hydrogens is 473 g/mol. The van der Waals surface area contributed by atoms with E-state index >= 15 is 0 Å². The van der Waals surface area contributed by atoms with Gasteiger partial charge in [0.2, 0.25) is 5.91 Å². The van der Waals surface area contributed by atoms with Gasteiger partial charge in [-0.3, -0.25) is 14.5 Å². The third kappa shape index (κ3) is 10.8. The smallest absolute Gasteiger partial charge is 0.326 e. The number of ketones is 1. The maximum absolute atomic E-state index is 12.9. The number of nitrogens with one attached hydrogen (secondary N) is 1. The first-order valence-corrected chi connectivity index (χ1v) is 10.7. The van der Waals surface area contributed by atoms with Gasteiger partial charge in [-0.05, 0) is 30.7 Å². The van der Waals surface area contributed by atoms with Crippen LogP contribution >= 0.6 is 0 Å². The summed E-state index contributed by atoms with van der Waals surface area (Å²) in [7, 11) is 0. The Morgan fingerprint density at radius 3 is 2.35 bits per heavy atom. The van der Waals surface area contributed by atoms with E-state index in [0.29, 0.717) is 52.1 Å². The largest absolute Gasteiger partial charge is 0.480 e. The number of aliphatic carboxylic acids is 1. The summed E-state index contributed by atoms with van der Waals surface area (Å²) in [6.45, 7) is 6.78. The summed E-state index contributed by atoms with van der Waals surface area (Å²) in [5.41, 5.74) is 1.09. The van der Waals surface area contributed by atoms with Crippen LogP contribution in [0.25, 0.3) is 0 Å². The molecule has 0 aliphatic carbocycles. The predicted molar refractivity (Wildman–Crippen MR) is 114 cm³/mol. The number of Topliss-reactive ketones (excluding diaryl/α,β-unsaturated/α-hetero) is 1. The molecule has 1 radical (unpaired) electrons. The Balaban J connectivity index is 0.00000480. The van der Waals surface area contributed by atoms with Gasteiger partial charge in [-0.2, -0.15) is 0 Å². The van der Waals surface area contributed by atoms with Crippen molar-refractivity contribution < 1.29 is 56.9 Å². The molecule has 1 aromatic carbocycles. The molecule has 1 aromatic rings. The van der Waals surface area contributed by atoms with E-state index in [1.54, 1.807) is 0 Å². The molecular formula is C23H34N2O5Y. The maximum atomic E-state index is 12.9. The normalized spacial score (nSPS) is 16.2. The molecule has 0 unspecified atom stereocenters. The number of ether oxygens (including phenoxy) is 1. The second-order valence-corrected chi connectivity index (χ2v) is 8.38. The maximum Gasteiger partial charge on any atom is 0.326 e. The van der Waals surface area contributed by atoms with Crippen LogP contribution in [-0.4, -0.2) is 66.6 Å². The molecule has 0 aromatic heterocycles. The van der Waals surface area contributed by atoms with Gasteiger partial charge in [0, 0.05) is 58.1 Å². The number of nitrogens with zero attached hydrogens (tertiary/aromatic N) is 1. The zero-order chi connectivity index (χ0) is 21.9. The summed E-state index contributed by atoms with van der Waals surface area (Å²) in [5.74, 6) is -1.81. The van der Waals surface area contributed by atoms with Gasteiger partial charge < -0.3 is 15.2 Å². The van der Waals surface area contributed by atoms with Gasteiger partial charge in [0.05, 0.1) is 19.8 Å². The van der Waals surface area contributed by atoms with Crippen molar-refractivity contribution in [3.63, 3.8) is 0 Å². The molecule has 8 heteroatoms. The quantitative estimate of drug-likeness (QED) is 0.450. The molecule has 1 heterocycles. The first-order valence-electron chi connectivity index (χ1n) is 10.7. The summed E-state index contributed by atoms with van der Waals surface area (Å²) in [6, 6.07) is 8.86. The van der Waals surface area contributed by atoms with Gasteiger partial charge in [0.25, 0.3) is 0 Å². The Bertz CT molecular complexity index is 692. The van der Waals surface area contributed by atoms with Gasteiger partial charge in [-0.25, -0.2) is 4.79 Å². The third-order valence-electron chi connectivity index (χ3n) is 5.29.